The number of carbonyl (C=O) groups is 3. The highest BCUT2D eigenvalue weighted by atomic mass is 16.6. The van der Waals surface area contributed by atoms with Gasteiger partial charge in [0.1, 0.15) is 28.9 Å². The van der Waals surface area contributed by atoms with E-state index in [2.05, 4.69) is 11.6 Å². The number of carbonyl (C=O) groups excluding carboxylic acids is 3. The summed E-state index contributed by atoms with van der Waals surface area (Å²) in [6.07, 6.45) is 2.39. The summed E-state index contributed by atoms with van der Waals surface area (Å²) >= 11 is 0. The van der Waals surface area contributed by atoms with Crippen molar-refractivity contribution in [2.45, 2.75) is 52.7 Å². The Kier molecular flexibility index (Phi) is 6.25. The van der Waals surface area contributed by atoms with Crippen molar-refractivity contribution in [1.29, 1.82) is 0 Å². The molecule has 0 saturated heterocycles. The number of ether oxygens (including phenoxy) is 3. The molecule has 2 amide bonds. The van der Waals surface area contributed by atoms with Gasteiger partial charge in [-0.05, 0) is 47.6 Å². The molecule has 9 nitrogen and oxygen atoms in total. The molecule has 0 aliphatic rings. The molecule has 2 rings (SSSR count). The molecular formula is C21H27N3O6. The number of rotatable bonds is 3. The van der Waals surface area contributed by atoms with E-state index in [0.29, 0.717) is 16.0 Å². The van der Waals surface area contributed by atoms with Gasteiger partial charge in [0.2, 0.25) is 0 Å². The van der Waals surface area contributed by atoms with Crippen molar-refractivity contribution in [3.63, 3.8) is 0 Å². The average Bonchev–Trinajstić information content (AvgIpc) is 3.07. The molecule has 0 fully saturated rings. The lowest BCUT2D eigenvalue weighted by Gasteiger charge is -2.29. The number of aromatic nitrogens is 2. The lowest BCUT2D eigenvalue weighted by Crippen LogP contribution is -2.45. The van der Waals surface area contributed by atoms with Gasteiger partial charge in [0.15, 0.2) is 0 Å². The van der Waals surface area contributed by atoms with Crippen LogP contribution < -0.4 is 4.90 Å². The molecule has 0 aromatic carbocycles. The predicted octanol–water partition coefficient (Wildman–Crippen LogP) is 4.44. The van der Waals surface area contributed by atoms with Gasteiger partial charge in [-0.25, -0.2) is 19.4 Å². The van der Waals surface area contributed by atoms with Gasteiger partial charge in [0.25, 0.3) is 0 Å². The van der Waals surface area contributed by atoms with Crippen LogP contribution in [-0.2, 0) is 14.2 Å². The first-order valence-electron chi connectivity index (χ1n) is 9.25. The molecule has 0 unspecified atom stereocenters. The van der Waals surface area contributed by atoms with Crippen molar-refractivity contribution >= 4 is 35.6 Å². The fraction of sp³-hybridized carbons (Fsp3) is 0.429. The zero-order valence-corrected chi connectivity index (χ0v) is 18.3. The maximum atomic E-state index is 13.1. The van der Waals surface area contributed by atoms with Gasteiger partial charge >= 0.3 is 18.2 Å². The Labute approximate surface area is 175 Å². The van der Waals surface area contributed by atoms with Gasteiger partial charge in [-0.3, -0.25) is 4.40 Å². The van der Waals surface area contributed by atoms with E-state index < -0.39 is 29.4 Å². The number of pyridine rings is 1. The molecule has 2 heterocycles. The number of hydrogen-bond donors (Lipinski definition) is 0. The topological polar surface area (TPSA) is 99.4 Å². The SMILES string of the molecule is C=Cc1cc(C(=O)OC)c(N(C(=O)OC(C)(C)C)C(=O)OC(C)(C)C)n2cncc12. The number of imidazole rings is 1. The molecule has 0 aliphatic carbocycles. The number of amides is 2. The average molecular weight is 417 g/mol. The summed E-state index contributed by atoms with van der Waals surface area (Å²) in [6.45, 7) is 13.7. The van der Waals surface area contributed by atoms with Crippen molar-refractivity contribution in [3.05, 3.63) is 36.3 Å². The maximum absolute atomic E-state index is 13.1. The quantitative estimate of drug-likeness (QED) is 0.538. The second-order valence-electron chi connectivity index (χ2n) is 8.48. The lowest BCUT2D eigenvalue weighted by molar-refractivity contribution is 0.0428. The molecular weight excluding hydrogens is 390 g/mol. The first-order chi connectivity index (χ1) is 13.8. The number of esters is 1. The number of methoxy groups -OCH3 is 1. The van der Waals surface area contributed by atoms with Crippen molar-refractivity contribution in [2.75, 3.05) is 12.0 Å². The third-order valence-electron chi connectivity index (χ3n) is 3.69. The van der Waals surface area contributed by atoms with Gasteiger partial charge < -0.3 is 14.2 Å². The summed E-state index contributed by atoms with van der Waals surface area (Å²) in [6, 6.07) is 1.47. The molecule has 0 spiro atoms. The summed E-state index contributed by atoms with van der Waals surface area (Å²) < 4.78 is 17.1. The Bertz CT molecular complexity index is 967. The van der Waals surface area contributed by atoms with E-state index in [0.717, 1.165) is 0 Å². The largest absolute Gasteiger partial charge is 0.465 e. The van der Waals surface area contributed by atoms with Crippen LogP contribution in [0.15, 0.2) is 25.2 Å². The standard InChI is InChI=1S/C21H27N3O6/c1-9-13-10-14(17(25)28-8)16(23-12-22-11-15(13)23)24(18(26)29-20(2,3)4)19(27)30-21(5,6)7/h9-12H,1H2,2-8H3. The molecule has 0 atom stereocenters. The van der Waals surface area contributed by atoms with Crippen LogP contribution in [0.2, 0.25) is 0 Å². The molecule has 0 radical (unpaired) electrons. The highest BCUT2D eigenvalue weighted by Crippen LogP contribution is 2.30. The van der Waals surface area contributed by atoms with Gasteiger partial charge in [-0.15, -0.1) is 0 Å². The van der Waals surface area contributed by atoms with Gasteiger partial charge in [0.05, 0.1) is 18.8 Å². The Hall–Kier alpha value is -3.36. The van der Waals surface area contributed by atoms with Crippen molar-refractivity contribution in [1.82, 2.24) is 9.38 Å². The summed E-state index contributed by atoms with van der Waals surface area (Å²) in [4.78, 5) is 43.5. The molecule has 0 bridgehead atoms. The van der Waals surface area contributed by atoms with E-state index in [1.165, 1.54) is 36.2 Å². The third kappa shape index (κ3) is 4.97. The zero-order chi connectivity index (χ0) is 22.9. The molecule has 2 aromatic heterocycles. The Morgan fingerprint density at radius 3 is 2.03 bits per heavy atom. The van der Waals surface area contributed by atoms with Crippen LogP contribution in [0.4, 0.5) is 15.4 Å². The number of hydrogen-bond acceptors (Lipinski definition) is 7. The van der Waals surface area contributed by atoms with Crippen LogP contribution in [0.3, 0.4) is 0 Å². The molecule has 9 heteroatoms. The predicted molar refractivity (Wildman–Crippen MR) is 112 cm³/mol. The van der Waals surface area contributed by atoms with E-state index in [1.54, 1.807) is 41.5 Å². The number of fused-ring (bicyclic) bond motifs is 1. The van der Waals surface area contributed by atoms with E-state index in [4.69, 9.17) is 14.2 Å². The van der Waals surface area contributed by atoms with E-state index >= 15 is 0 Å². The molecule has 0 N–H and O–H groups in total. The van der Waals surface area contributed by atoms with Crippen LogP contribution in [0.1, 0.15) is 57.5 Å². The smallest absolute Gasteiger partial charge is 0.425 e. The summed E-state index contributed by atoms with van der Waals surface area (Å²) in [5.74, 6) is -0.871. The Balaban J connectivity index is 2.83. The molecule has 30 heavy (non-hydrogen) atoms. The minimum atomic E-state index is -1.01. The fourth-order valence-corrected chi connectivity index (χ4v) is 2.62. The van der Waals surface area contributed by atoms with Gasteiger partial charge in [-0.1, -0.05) is 12.7 Å². The normalized spacial score (nSPS) is 11.7. The zero-order valence-electron chi connectivity index (χ0n) is 18.3. The van der Waals surface area contributed by atoms with E-state index in [1.807, 2.05) is 0 Å². The van der Waals surface area contributed by atoms with Crippen LogP contribution in [0.5, 0.6) is 0 Å². The van der Waals surface area contributed by atoms with Crippen LogP contribution in [-0.4, -0.2) is 45.9 Å². The minimum Gasteiger partial charge on any atom is -0.465 e. The maximum Gasteiger partial charge on any atom is 0.425 e. The third-order valence-corrected chi connectivity index (χ3v) is 3.69. The van der Waals surface area contributed by atoms with Crippen LogP contribution >= 0.6 is 0 Å². The first kappa shape index (κ1) is 22.9. The van der Waals surface area contributed by atoms with Crippen molar-refractivity contribution in [3.8, 4) is 0 Å². The molecule has 0 aliphatic heterocycles. The summed E-state index contributed by atoms with van der Waals surface area (Å²) in [5.41, 5.74) is -0.792. The van der Waals surface area contributed by atoms with Gasteiger partial charge in [0, 0.05) is 5.56 Å². The van der Waals surface area contributed by atoms with E-state index in [-0.39, 0.29) is 11.4 Å². The first-order valence-corrected chi connectivity index (χ1v) is 9.25. The van der Waals surface area contributed by atoms with Crippen LogP contribution in [0, 0.1) is 0 Å². The summed E-state index contributed by atoms with van der Waals surface area (Å²) in [7, 11) is 1.20. The van der Waals surface area contributed by atoms with Crippen LogP contribution in [0.25, 0.3) is 11.6 Å². The Morgan fingerprint density at radius 1 is 1.07 bits per heavy atom. The number of anilines is 1. The summed E-state index contributed by atoms with van der Waals surface area (Å²) in [5, 5.41) is 0. The van der Waals surface area contributed by atoms with E-state index in [9.17, 15) is 14.4 Å². The highest BCUT2D eigenvalue weighted by Gasteiger charge is 2.37. The highest BCUT2D eigenvalue weighted by molar-refractivity contribution is 6.13. The molecule has 162 valence electrons. The fourth-order valence-electron chi connectivity index (χ4n) is 2.62. The number of nitrogens with zero attached hydrogens (tertiary/aromatic N) is 3. The second kappa shape index (κ2) is 8.17. The molecule has 0 saturated carbocycles. The van der Waals surface area contributed by atoms with Crippen molar-refractivity contribution in [2.24, 2.45) is 0 Å². The monoisotopic (exact) mass is 417 g/mol. The van der Waals surface area contributed by atoms with Gasteiger partial charge in [-0.2, -0.15) is 4.90 Å². The number of imide groups is 1. The molecule has 2 aromatic rings. The lowest BCUT2D eigenvalue weighted by atomic mass is 10.1. The second-order valence-corrected chi connectivity index (χ2v) is 8.48. The minimum absolute atomic E-state index is 0.0605. The Morgan fingerprint density at radius 2 is 1.60 bits per heavy atom. The van der Waals surface area contributed by atoms with Crippen molar-refractivity contribution < 1.29 is 28.6 Å².